The second kappa shape index (κ2) is 3.96. The summed E-state index contributed by atoms with van der Waals surface area (Å²) in [7, 11) is 3.55. The first kappa shape index (κ1) is 10.3. The molecule has 1 heterocycles. The standard InChI is InChI=1S/C8H17NO2S/c1-8(4-5-11-6-8)7(12)9(2)10-3/h7,12H,4-6H2,1-3H3. The van der Waals surface area contributed by atoms with Gasteiger partial charge in [-0.25, -0.2) is 0 Å². The highest BCUT2D eigenvalue weighted by Crippen LogP contribution is 2.35. The fraction of sp³-hybridized carbons (Fsp3) is 1.00. The predicted molar refractivity (Wildman–Crippen MR) is 51.1 cm³/mol. The summed E-state index contributed by atoms with van der Waals surface area (Å²) in [5.74, 6) is 0. The zero-order valence-electron chi connectivity index (χ0n) is 7.91. The second-order valence-corrected chi connectivity index (χ2v) is 4.05. The Bertz CT molecular complexity index is 148. The molecule has 0 N–H and O–H groups in total. The van der Waals surface area contributed by atoms with Crippen molar-refractivity contribution < 1.29 is 9.57 Å². The lowest BCUT2D eigenvalue weighted by molar-refractivity contribution is -0.141. The van der Waals surface area contributed by atoms with Crippen LogP contribution in [-0.2, 0) is 9.57 Å². The van der Waals surface area contributed by atoms with Crippen molar-refractivity contribution in [3.8, 4) is 0 Å². The van der Waals surface area contributed by atoms with Crippen molar-refractivity contribution in [2.75, 3.05) is 27.4 Å². The van der Waals surface area contributed by atoms with Crippen LogP contribution in [0.15, 0.2) is 0 Å². The van der Waals surface area contributed by atoms with Crippen LogP contribution in [0.1, 0.15) is 13.3 Å². The molecule has 1 fully saturated rings. The first-order valence-corrected chi connectivity index (χ1v) is 4.64. The van der Waals surface area contributed by atoms with Gasteiger partial charge in [-0.15, -0.1) is 0 Å². The molecule has 0 aromatic rings. The van der Waals surface area contributed by atoms with Crippen LogP contribution in [0.2, 0.25) is 0 Å². The first-order chi connectivity index (χ1) is 5.60. The zero-order valence-corrected chi connectivity index (χ0v) is 8.80. The topological polar surface area (TPSA) is 21.7 Å². The molecule has 0 aromatic heterocycles. The van der Waals surface area contributed by atoms with Crippen LogP contribution < -0.4 is 0 Å². The molecule has 2 unspecified atom stereocenters. The fourth-order valence-corrected chi connectivity index (χ4v) is 1.72. The van der Waals surface area contributed by atoms with Gasteiger partial charge in [-0.05, 0) is 6.42 Å². The number of thiol groups is 1. The summed E-state index contributed by atoms with van der Waals surface area (Å²) in [4.78, 5) is 5.09. The second-order valence-electron chi connectivity index (χ2n) is 3.56. The SMILES string of the molecule is CON(C)C(S)C1(C)CCOC1. The Kier molecular flexibility index (Phi) is 3.40. The maximum Gasteiger partial charge on any atom is 0.0849 e. The van der Waals surface area contributed by atoms with E-state index in [4.69, 9.17) is 9.57 Å². The van der Waals surface area contributed by atoms with Gasteiger partial charge in [0, 0.05) is 19.1 Å². The van der Waals surface area contributed by atoms with Crippen LogP contribution in [0.3, 0.4) is 0 Å². The van der Waals surface area contributed by atoms with E-state index in [1.165, 1.54) is 0 Å². The van der Waals surface area contributed by atoms with E-state index in [0.717, 1.165) is 19.6 Å². The summed E-state index contributed by atoms with van der Waals surface area (Å²) in [5.41, 5.74) is 0.119. The average molecular weight is 191 g/mol. The molecule has 0 amide bonds. The maximum atomic E-state index is 5.34. The van der Waals surface area contributed by atoms with Crippen LogP contribution in [-0.4, -0.2) is 37.8 Å². The molecule has 3 nitrogen and oxygen atoms in total. The molecule has 2 atom stereocenters. The molecule has 12 heavy (non-hydrogen) atoms. The van der Waals surface area contributed by atoms with Gasteiger partial charge in [-0.1, -0.05) is 6.92 Å². The largest absolute Gasteiger partial charge is 0.381 e. The Morgan fingerprint density at radius 1 is 1.67 bits per heavy atom. The first-order valence-electron chi connectivity index (χ1n) is 4.13. The maximum absolute atomic E-state index is 5.34. The van der Waals surface area contributed by atoms with Crippen molar-refractivity contribution in [3.05, 3.63) is 0 Å². The molecule has 1 rings (SSSR count). The summed E-state index contributed by atoms with van der Waals surface area (Å²) >= 11 is 4.51. The van der Waals surface area contributed by atoms with E-state index in [9.17, 15) is 0 Å². The number of hydroxylamine groups is 2. The molecule has 0 radical (unpaired) electrons. The summed E-state index contributed by atoms with van der Waals surface area (Å²) in [6, 6.07) is 0. The van der Waals surface area contributed by atoms with E-state index in [0.29, 0.717) is 0 Å². The van der Waals surface area contributed by atoms with Crippen molar-refractivity contribution in [2.45, 2.75) is 18.7 Å². The normalized spacial score (nSPS) is 32.8. The number of rotatable bonds is 3. The Balaban J connectivity index is 2.54. The Labute approximate surface area is 79.4 Å². The van der Waals surface area contributed by atoms with Gasteiger partial charge in [-0.3, -0.25) is 0 Å². The Morgan fingerprint density at radius 2 is 2.33 bits per heavy atom. The van der Waals surface area contributed by atoms with Crippen LogP contribution in [0.4, 0.5) is 0 Å². The molecule has 0 saturated carbocycles. The van der Waals surface area contributed by atoms with Gasteiger partial charge in [0.2, 0.25) is 0 Å². The van der Waals surface area contributed by atoms with Gasteiger partial charge in [0.25, 0.3) is 0 Å². The van der Waals surface area contributed by atoms with Crippen molar-refractivity contribution in [3.63, 3.8) is 0 Å². The highest BCUT2D eigenvalue weighted by atomic mass is 32.1. The van der Waals surface area contributed by atoms with Gasteiger partial charge in [0.1, 0.15) is 0 Å². The molecule has 4 heteroatoms. The third kappa shape index (κ3) is 1.93. The molecule has 0 spiro atoms. The predicted octanol–water partition coefficient (Wildman–Crippen LogP) is 1.16. The zero-order chi connectivity index (χ0) is 9.19. The van der Waals surface area contributed by atoms with Crippen LogP contribution >= 0.6 is 12.6 Å². The van der Waals surface area contributed by atoms with Gasteiger partial charge in [-0.2, -0.15) is 17.7 Å². The lowest BCUT2D eigenvalue weighted by atomic mass is 9.89. The molecule has 1 aliphatic heterocycles. The summed E-state index contributed by atoms with van der Waals surface area (Å²) < 4.78 is 5.34. The van der Waals surface area contributed by atoms with E-state index in [2.05, 4.69) is 19.6 Å². The van der Waals surface area contributed by atoms with Gasteiger partial charge >= 0.3 is 0 Å². The van der Waals surface area contributed by atoms with Gasteiger partial charge in [0.15, 0.2) is 0 Å². The van der Waals surface area contributed by atoms with E-state index in [-0.39, 0.29) is 10.8 Å². The molecular formula is C8H17NO2S. The van der Waals surface area contributed by atoms with Crippen LogP contribution in [0.5, 0.6) is 0 Å². The molecule has 1 aliphatic rings. The smallest absolute Gasteiger partial charge is 0.0849 e. The Morgan fingerprint density at radius 3 is 2.75 bits per heavy atom. The lowest BCUT2D eigenvalue weighted by Crippen LogP contribution is -2.40. The van der Waals surface area contributed by atoms with E-state index in [1.54, 1.807) is 12.2 Å². The van der Waals surface area contributed by atoms with E-state index >= 15 is 0 Å². The minimum atomic E-state index is 0.102. The minimum Gasteiger partial charge on any atom is -0.381 e. The van der Waals surface area contributed by atoms with Crippen LogP contribution in [0.25, 0.3) is 0 Å². The quantitative estimate of drug-likeness (QED) is 0.411. The van der Waals surface area contributed by atoms with Crippen LogP contribution in [0, 0.1) is 5.41 Å². The van der Waals surface area contributed by atoms with E-state index in [1.807, 2.05) is 7.05 Å². The minimum absolute atomic E-state index is 0.102. The monoisotopic (exact) mass is 191 g/mol. The molecular weight excluding hydrogens is 174 g/mol. The Hall–Kier alpha value is 0.230. The van der Waals surface area contributed by atoms with Crippen molar-refractivity contribution in [1.29, 1.82) is 0 Å². The highest BCUT2D eigenvalue weighted by Gasteiger charge is 2.38. The summed E-state index contributed by atoms with van der Waals surface area (Å²) in [6.45, 7) is 3.78. The fourth-order valence-electron chi connectivity index (χ4n) is 1.43. The molecule has 0 aromatic carbocycles. The highest BCUT2D eigenvalue weighted by molar-refractivity contribution is 7.80. The van der Waals surface area contributed by atoms with Gasteiger partial charge < -0.3 is 9.57 Å². The average Bonchev–Trinajstić information content (AvgIpc) is 2.50. The van der Waals surface area contributed by atoms with E-state index < -0.39 is 0 Å². The summed E-state index contributed by atoms with van der Waals surface area (Å²) in [6.07, 6.45) is 1.05. The van der Waals surface area contributed by atoms with Crippen molar-refractivity contribution in [2.24, 2.45) is 5.41 Å². The third-order valence-electron chi connectivity index (χ3n) is 2.51. The number of hydrogen-bond donors (Lipinski definition) is 1. The molecule has 0 bridgehead atoms. The number of ether oxygens (including phenoxy) is 1. The third-order valence-corrected chi connectivity index (χ3v) is 3.45. The van der Waals surface area contributed by atoms with Gasteiger partial charge in [0.05, 0.1) is 19.1 Å². The van der Waals surface area contributed by atoms with Crippen molar-refractivity contribution in [1.82, 2.24) is 5.06 Å². The van der Waals surface area contributed by atoms with Crippen molar-refractivity contribution >= 4 is 12.6 Å². The molecule has 0 aliphatic carbocycles. The lowest BCUT2D eigenvalue weighted by Gasteiger charge is -2.34. The number of nitrogens with zero attached hydrogens (tertiary/aromatic N) is 1. The molecule has 72 valence electrons. The molecule has 1 saturated heterocycles. The summed E-state index contributed by atoms with van der Waals surface area (Å²) in [5, 5.41) is 1.86. The number of hydrogen-bond acceptors (Lipinski definition) is 4.